The Bertz CT molecular complexity index is 847. The van der Waals surface area contributed by atoms with Crippen molar-refractivity contribution in [3.05, 3.63) is 40.0 Å². The van der Waals surface area contributed by atoms with Gasteiger partial charge in [-0.05, 0) is 36.5 Å². The Balaban J connectivity index is 1.86. The fourth-order valence-corrected chi connectivity index (χ4v) is 4.05. The number of imidazole rings is 1. The summed E-state index contributed by atoms with van der Waals surface area (Å²) in [7, 11) is 0. The molecule has 1 aliphatic rings. The van der Waals surface area contributed by atoms with E-state index in [4.69, 9.17) is 4.98 Å². The van der Waals surface area contributed by atoms with Gasteiger partial charge in [-0.1, -0.05) is 37.3 Å². The minimum absolute atomic E-state index is 0.0468. The summed E-state index contributed by atoms with van der Waals surface area (Å²) < 4.78 is 1.81. The second-order valence-corrected chi connectivity index (χ2v) is 7.18. The molecule has 0 amide bonds. The molecule has 2 heterocycles. The quantitative estimate of drug-likeness (QED) is 0.804. The van der Waals surface area contributed by atoms with Crippen LogP contribution >= 0.6 is 11.3 Å². The number of fused-ring (bicyclic) bond motifs is 2. The average molecular weight is 313 g/mol. The smallest absolute Gasteiger partial charge is 0.213 e. The molecule has 114 valence electrons. The number of rotatable bonds is 3. The molecule has 5 heteroatoms. The van der Waals surface area contributed by atoms with Crippen molar-refractivity contribution in [3.63, 3.8) is 0 Å². The molecule has 0 saturated heterocycles. The molecule has 0 unspecified atom stereocenters. The van der Waals surface area contributed by atoms with Crippen LogP contribution in [0.2, 0.25) is 0 Å². The van der Waals surface area contributed by atoms with Crippen LogP contribution in [0.15, 0.2) is 18.2 Å². The Morgan fingerprint density at radius 3 is 2.86 bits per heavy atom. The minimum Gasteiger partial charge on any atom is -0.390 e. The summed E-state index contributed by atoms with van der Waals surface area (Å²) in [6, 6.07) is 6.57. The van der Waals surface area contributed by atoms with E-state index in [2.05, 4.69) is 37.1 Å². The number of hydrogen-bond acceptors (Lipinski definition) is 4. The lowest BCUT2D eigenvalue weighted by Gasteiger charge is -2.05. The molecular weight excluding hydrogens is 294 g/mol. The van der Waals surface area contributed by atoms with Gasteiger partial charge < -0.3 is 5.11 Å². The standard InChI is InChI=1S/C17H19N3OS/c1-10(2)16-19-20-14(9-21)15(18-17(20)22-16)13-7-6-11-4-3-5-12(11)8-13/h6-8,10,21H,3-5,9H2,1-2H3. The lowest BCUT2D eigenvalue weighted by atomic mass is 10.0. The maximum Gasteiger partial charge on any atom is 0.213 e. The first kappa shape index (κ1) is 13.9. The van der Waals surface area contributed by atoms with Crippen molar-refractivity contribution >= 4 is 16.3 Å². The fraction of sp³-hybridized carbons (Fsp3) is 0.412. The van der Waals surface area contributed by atoms with Crippen molar-refractivity contribution in [1.82, 2.24) is 14.6 Å². The van der Waals surface area contributed by atoms with Gasteiger partial charge in [-0.15, -0.1) is 0 Å². The Morgan fingerprint density at radius 2 is 2.09 bits per heavy atom. The highest BCUT2D eigenvalue weighted by Crippen LogP contribution is 2.32. The maximum atomic E-state index is 9.81. The van der Waals surface area contributed by atoms with E-state index in [-0.39, 0.29) is 6.61 Å². The maximum absolute atomic E-state index is 9.81. The van der Waals surface area contributed by atoms with Crippen LogP contribution in [0.1, 0.15) is 48.0 Å². The Kier molecular flexibility index (Phi) is 3.27. The molecule has 0 radical (unpaired) electrons. The predicted octanol–water partition coefficient (Wildman–Crippen LogP) is 3.56. The molecule has 3 aromatic rings. The van der Waals surface area contributed by atoms with E-state index in [9.17, 15) is 5.11 Å². The van der Waals surface area contributed by atoms with Gasteiger partial charge in [0, 0.05) is 11.5 Å². The Morgan fingerprint density at radius 1 is 1.27 bits per heavy atom. The first-order chi connectivity index (χ1) is 10.7. The van der Waals surface area contributed by atoms with Crippen LogP contribution in [0.4, 0.5) is 0 Å². The summed E-state index contributed by atoms with van der Waals surface area (Å²) in [6.45, 7) is 4.20. The van der Waals surface area contributed by atoms with Gasteiger partial charge in [0.05, 0.1) is 18.0 Å². The van der Waals surface area contributed by atoms with E-state index in [0.29, 0.717) is 5.92 Å². The second-order valence-electron chi connectivity index (χ2n) is 6.19. The van der Waals surface area contributed by atoms with Crippen molar-refractivity contribution in [2.45, 2.75) is 45.6 Å². The molecule has 0 fully saturated rings. The van der Waals surface area contributed by atoms with Crippen LogP contribution in [0, 0.1) is 0 Å². The van der Waals surface area contributed by atoms with Crippen molar-refractivity contribution < 1.29 is 5.11 Å². The zero-order valence-corrected chi connectivity index (χ0v) is 13.7. The van der Waals surface area contributed by atoms with Gasteiger partial charge in [-0.2, -0.15) is 5.10 Å². The van der Waals surface area contributed by atoms with E-state index >= 15 is 0 Å². The van der Waals surface area contributed by atoms with Crippen LogP contribution in [0.5, 0.6) is 0 Å². The van der Waals surface area contributed by atoms with E-state index < -0.39 is 0 Å². The first-order valence-corrected chi connectivity index (χ1v) is 8.60. The third-order valence-electron chi connectivity index (χ3n) is 4.33. The van der Waals surface area contributed by atoms with E-state index in [1.165, 1.54) is 24.0 Å². The van der Waals surface area contributed by atoms with Gasteiger partial charge in [-0.25, -0.2) is 9.50 Å². The summed E-state index contributed by atoms with van der Waals surface area (Å²) in [5.74, 6) is 0.377. The summed E-state index contributed by atoms with van der Waals surface area (Å²) in [5, 5.41) is 15.5. The molecule has 1 aromatic carbocycles. The molecule has 4 rings (SSSR count). The molecule has 4 nitrogen and oxygen atoms in total. The van der Waals surface area contributed by atoms with Gasteiger partial charge in [-0.3, -0.25) is 0 Å². The molecule has 0 bridgehead atoms. The minimum atomic E-state index is -0.0468. The molecule has 2 aromatic heterocycles. The molecule has 1 aliphatic carbocycles. The van der Waals surface area contributed by atoms with Gasteiger partial charge in [0.1, 0.15) is 5.01 Å². The summed E-state index contributed by atoms with van der Waals surface area (Å²) in [4.78, 5) is 5.61. The number of aliphatic hydroxyl groups is 1. The van der Waals surface area contributed by atoms with E-state index in [1.807, 2.05) is 4.52 Å². The highest BCUT2D eigenvalue weighted by Gasteiger charge is 2.20. The number of aliphatic hydroxyl groups excluding tert-OH is 1. The van der Waals surface area contributed by atoms with Crippen molar-refractivity contribution in [3.8, 4) is 11.3 Å². The number of benzene rings is 1. The largest absolute Gasteiger partial charge is 0.390 e. The third-order valence-corrected chi connectivity index (χ3v) is 5.54. The Hall–Kier alpha value is -1.72. The van der Waals surface area contributed by atoms with Crippen molar-refractivity contribution in [2.24, 2.45) is 0 Å². The van der Waals surface area contributed by atoms with Gasteiger partial charge in [0.2, 0.25) is 4.96 Å². The lowest BCUT2D eigenvalue weighted by molar-refractivity contribution is 0.275. The van der Waals surface area contributed by atoms with Crippen LogP contribution in [0.3, 0.4) is 0 Å². The number of nitrogens with zero attached hydrogens (tertiary/aromatic N) is 3. The first-order valence-electron chi connectivity index (χ1n) is 7.78. The zero-order valence-electron chi connectivity index (χ0n) is 12.8. The average Bonchev–Trinajstić information content (AvgIpc) is 3.19. The van der Waals surface area contributed by atoms with Gasteiger partial charge in [0.25, 0.3) is 0 Å². The second kappa shape index (κ2) is 5.18. The summed E-state index contributed by atoms with van der Waals surface area (Å²) >= 11 is 1.61. The molecule has 0 spiro atoms. The highest BCUT2D eigenvalue weighted by atomic mass is 32.1. The lowest BCUT2D eigenvalue weighted by Crippen LogP contribution is -1.97. The molecular formula is C17H19N3OS. The SMILES string of the molecule is CC(C)c1nn2c(CO)c(-c3ccc4c(c3)CCC4)nc2s1. The van der Waals surface area contributed by atoms with Crippen LogP contribution in [-0.2, 0) is 19.4 Å². The fourth-order valence-electron chi connectivity index (χ4n) is 3.13. The van der Waals surface area contributed by atoms with E-state index in [1.54, 1.807) is 11.3 Å². The van der Waals surface area contributed by atoms with Crippen LogP contribution in [-0.4, -0.2) is 19.7 Å². The number of hydrogen-bond donors (Lipinski definition) is 1. The van der Waals surface area contributed by atoms with Crippen LogP contribution < -0.4 is 0 Å². The summed E-state index contributed by atoms with van der Waals surface area (Å²) in [5.41, 5.74) is 5.62. The predicted molar refractivity (Wildman–Crippen MR) is 88.3 cm³/mol. The van der Waals surface area contributed by atoms with Crippen molar-refractivity contribution in [2.75, 3.05) is 0 Å². The Labute approximate surface area is 133 Å². The van der Waals surface area contributed by atoms with Gasteiger partial charge >= 0.3 is 0 Å². The van der Waals surface area contributed by atoms with E-state index in [0.717, 1.165) is 33.3 Å². The molecule has 0 aliphatic heterocycles. The normalized spacial score (nSPS) is 14.2. The molecule has 1 N–H and O–H groups in total. The topological polar surface area (TPSA) is 50.4 Å². The number of aromatic nitrogens is 3. The highest BCUT2D eigenvalue weighted by molar-refractivity contribution is 7.16. The molecule has 0 saturated carbocycles. The molecule has 0 atom stereocenters. The number of aryl methyl sites for hydroxylation is 2. The van der Waals surface area contributed by atoms with Crippen molar-refractivity contribution in [1.29, 1.82) is 0 Å². The third kappa shape index (κ3) is 2.08. The summed E-state index contributed by atoms with van der Waals surface area (Å²) in [6.07, 6.45) is 3.57. The van der Waals surface area contributed by atoms with Crippen LogP contribution in [0.25, 0.3) is 16.2 Å². The zero-order chi connectivity index (χ0) is 15.3. The monoisotopic (exact) mass is 313 g/mol. The van der Waals surface area contributed by atoms with Gasteiger partial charge in [0.15, 0.2) is 0 Å². The molecule has 22 heavy (non-hydrogen) atoms.